The van der Waals surface area contributed by atoms with Gasteiger partial charge in [-0.25, -0.2) is 0 Å². The van der Waals surface area contributed by atoms with Gasteiger partial charge in [-0.05, 0) is 135 Å². The minimum absolute atomic E-state index is 0.378. The van der Waals surface area contributed by atoms with Gasteiger partial charge in [-0.1, -0.05) is 146 Å². The number of hydrogen-bond acceptors (Lipinski definition) is 2. The predicted molar refractivity (Wildman–Crippen MR) is 225 cm³/mol. The first-order valence-electron chi connectivity index (χ1n) is 18.1. The lowest BCUT2D eigenvalue weighted by Gasteiger charge is -2.20. The molecule has 2 nitrogen and oxygen atoms in total. The predicted octanol–water partition coefficient (Wildman–Crippen LogP) is 13.9. The minimum atomic E-state index is 0.378. The SMILES string of the molecule is N#Cc1cc2c(cc1C#N)c1cc(-c3cccc(-c4ccccc4)c3)c3ccccc3c1c1c3ccccc3c(-c3cccc(-c4ccccc4)c3)cc21. The Kier molecular flexibility index (Phi) is 7.29. The fourth-order valence-corrected chi connectivity index (χ4v) is 8.42. The molecule has 0 heterocycles. The molecule has 2 heteroatoms. The van der Waals surface area contributed by atoms with Crippen LogP contribution in [0, 0.1) is 22.7 Å². The third kappa shape index (κ3) is 4.94. The van der Waals surface area contributed by atoms with Crippen molar-refractivity contribution in [2.45, 2.75) is 0 Å². The Balaban J connectivity index is 1.36. The van der Waals surface area contributed by atoms with E-state index in [2.05, 4.69) is 170 Å². The highest BCUT2D eigenvalue weighted by Gasteiger charge is 2.21. The van der Waals surface area contributed by atoms with Crippen molar-refractivity contribution in [2.24, 2.45) is 0 Å². The minimum Gasteiger partial charge on any atom is -0.192 e. The second kappa shape index (κ2) is 12.6. The summed E-state index contributed by atoms with van der Waals surface area (Å²) in [4.78, 5) is 0. The van der Waals surface area contributed by atoms with Crippen molar-refractivity contribution in [1.82, 2.24) is 0 Å². The Labute approximate surface area is 313 Å². The van der Waals surface area contributed by atoms with Gasteiger partial charge in [-0.3, -0.25) is 0 Å². The van der Waals surface area contributed by atoms with Gasteiger partial charge in [0.15, 0.2) is 0 Å². The van der Waals surface area contributed by atoms with Crippen molar-refractivity contribution in [2.75, 3.05) is 0 Å². The summed E-state index contributed by atoms with van der Waals surface area (Å²) in [5.74, 6) is 0. The van der Waals surface area contributed by atoms with Crippen LogP contribution in [0.25, 0.3) is 98.4 Å². The van der Waals surface area contributed by atoms with Crippen LogP contribution in [0.2, 0.25) is 0 Å². The zero-order valence-electron chi connectivity index (χ0n) is 29.2. The molecule has 10 aromatic carbocycles. The second-order valence-corrected chi connectivity index (χ2v) is 13.8. The summed E-state index contributed by atoms with van der Waals surface area (Å²) in [6.45, 7) is 0. The fraction of sp³-hybridized carbons (Fsp3) is 0. The number of nitriles is 2. The zero-order chi connectivity index (χ0) is 36.2. The Morgan fingerprint density at radius 3 is 1.02 bits per heavy atom. The molecule has 0 saturated heterocycles. The molecule has 0 aliphatic heterocycles. The average Bonchev–Trinajstić information content (AvgIpc) is 3.25. The molecule has 0 saturated carbocycles. The molecular formula is C52H30N2. The van der Waals surface area contributed by atoms with Gasteiger partial charge in [0.1, 0.15) is 12.1 Å². The number of fused-ring (bicyclic) bond motifs is 10. The molecule has 0 radical (unpaired) electrons. The van der Waals surface area contributed by atoms with Crippen molar-refractivity contribution >= 4 is 53.9 Å². The lowest BCUT2D eigenvalue weighted by atomic mass is 9.83. The molecule has 0 aliphatic rings. The number of benzene rings is 10. The highest BCUT2D eigenvalue weighted by molar-refractivity contribution is 6.38. The molecule has 248 valence electrons. The zero-order valence-corrected chi connectivity index (χ0v) is 29.2. The van der Waals surface area contributed by atoms with E-state index in [1.54, 1.807) is 0 Å². The van der Waals surface area contributed by atoms with Crippen LogP contribution in [-0.4, -0.2) is 0 Å². The van der Waals surface area contributed by atoms with Crippen molar-refractivity contribution in [3.8, 4) is 56.6 Å². The first-order valence-corrected chi connectivity index (χ1v) is 18.1. The molecular weight excluding hydrogens is 653 g/mol. The van der Waals surface area contributed by atoms with E-state index in [-0.39, 0.29) is 0 Å². The standard InChI is InChI=1S/C52H30N2/c53-31-39-27-47-48(28-40(39)32-54)50-30-46(38-20-12-18-36(26-38)34-15-5-2-6-16-34)42-22-8-10-24-44(42)52(50)51-43-23-9-7-21-41(43)45(29-49(47)51)37-19-11-17-35(25-37)33-13-3-1-4-14-33/h1-30H. The molecule has 0 amide bonds. The maximum atomic E-state index is 10.3. The molecule has 0 spiro atoms. The van der Waals surface area contributed by atoms with Crippen LogP contribution >= 0.6 is 0 Å². The van der Waals surface area contributed by atoms with Crippen LogP contribution in [-0.2, 0) is 0 Å². The molecule has 0 atom stereocenters. The van der Waals surface area contributed by atoms with Gasteiger partial charge < -0.3 is 0 Å². The van der Waals surface area contributed by atoms with Gasteiger partial charge >= 0.3 is 0 Å². The van der Waals surface area contributed by atoms with Crippen molar-refractivity contribution in [1.29, 1.82) is 10.5 Å². The quantitative estimate of drug-likeness (QED) is 0.173. The Hall–Kier alpha value is -7.52. The van der Waals surface area contributed by atoms with E-state index >= 15 is 0 Å². The topological polar surface area (TPSA) is 47.6 Å². The van der Waals surface area contributed by atoms with Gasteiger partial charge in [0.25, 0.3) is 0 Å². The number of nitrogens with zero attached hydrogens (tertiary/aromatic N) is 2. The molecule has 10 aromatic rings. The van der Waals surface area contributed by atoms with Gasteiger partial charge in [-0.15, -0.1) is 0 Å². The first-order chi connectivity index (χ1) is 26.7. The second-order valence-electron chi connectivity index (χ2n) is 13.8. The molecule has 0 N–H and O–H groups in total. The van der Waals surface area contributed by atoms with E-state index in [1.165, 1.54) is 11.1 Å². The summed E-state index contributed by atoms with van der Waals surface area (Å²) in [6, 6.07) is 68.9. The Bertz CT molecular complexity index is 3000. The van der Waals surface area contributed by atoms with Crippen LogP contribution in [0.3, 0.4) is 0 Å². The van der Waals surface area contributed by atoms with Crippen molar-refractivity contribution in [3.63, 3.8) is 0 Å². The number of hydrogen-bond donors (Lipinski definition) is 0. The van der Waals surface area contributed by atoms with E-state index in [4.69, 9.17) is 0 Å². The van der Waals surface area contributed by atoms with Crippen molar-refractivity contribution in [3.05, 3.63) is 193 Å². The summed E-state index contributed by atoms with van der Waals surface area (Å²) in [5.41, 5.74) is 9.88. The summed E-state index contributed by atoms with van der Waals surface area (Å²) < 4.78 is 0. The van der Waals surface area contributed by atoms with Crippen LogP contribution < -0.4 is 0 Å². The first kappa shape index (κ1) is 31.2. The molecule has 0 aromatic heterocycles. The van der Waals surface area contributed by atoms with Crippen LogP contribution in [0.4, 0.5) is 0 Å². The van der Waals surface area contributed by atoms with E-state index in [0.29, 0.717) is 11.1 Å². The van der Waals surface area contributed by atoms with Crippen LogP contribution in [0.15, 0.2) is 182 Å². The lowest BCUT2D eigenvalue weighted by molar-refractivity contribution is 1.45. The average molecular weight is 683 g/mol. The van der Waals surface area contributed by atoms with E-state index in [9.17, 15) is 10.5 Å². The van der Waals surface area contributed by atoms with Crippen molar-refractivity contribution < 1.29 is 0 Å². The van der Waals surface area contributed by atoms with E-state index in [1.807, 2.05) is 24.3 Å². The molecule has 0 bridgehead atoms. The van der Waals surface area contributed by atoms with Crippen LogP contribution in [0.5, 0.6) is 0 Å². The largest absolute Gasteiger partial charge is 0.192 e. The maximum Gasteiger partial charge on any atom is 0.101 e. The summed E-state index contributed by atoms with van der Waals surface area (Å²) in [5, 5.41) is 31.5. The van der Waals surface area contributed by atoms with Gasteiger partial charge in [0, 0.05) is 0 Å². The summed E-state index contributed by atoms with van der Waals surface area (Å²) in [7, 11) is 0. The van der Waals surface area contributed by atoms with E-state index < -0.39 is 0 Å². The Morgan fingerprint density at radius 1 is 0.259 bits per heavy atom. The highest BCUT2D eigenvalue weighted by Crippen LogP contribution is 2.48. The van der Waals surface area contributed by atoms with E-state index in [0.717, 1.165) is 87.2 Å². The van der Waals surface area contributed by atoms with Gasteiger partial charge in [0.2, 0.25) is 0 Å². The normalized spacial score (nSPS) is 11.3. The Morgan fingerprint density at radius 2 is 0.611 bits per heavy atom. The highest BCUT2D eigenvalue weighted by atomic mass is 14.3. The molecule has 0 unspecified atom stereocenters. The summed E-state index contributed by atoms with van der Waals surface area (Å²) >= 11 is 0. The third-order valence-electron chi connectivity index (χ3n) is 10.9. The third-order valence-corrected chi connectivity index (χ3v) is 10.9. The lowest BCUT2D eigenvalue weighted by Crippen LogP contribution is -1.93. The van der Waals surface area contributed by atoms with Gasteiger partial charge in [-0.2, -0.15) is 10.5 Å². The van der Waals surface area contributed by atoms with Crippen LogP contribution in [0.1, 0.15) is 11.1 Å². The molecule has 10 rings (SSSR count). The molecule has 54 heavy (non-hydrogen) atoms. The summed E-state index contributed by atoms with van der Waals surface area (Å²) in [6.07, 6.45) is 0. The molecule has 0 aliphatic carbocycles. The molecule has 0 fully saturated rings. The fourth-order valence-electron chi connectivity index (χ4n) is 8.42. The maximum absolute atomic E-state index is 10.3. The monoisotopic (exact) mass is 682 g/mol. The smallest absolute Gasteiger partial charge is 0.101 e. The van der Waals surface area contributed by atoms with Gasteiger partial charge in [0.05, 0.1) is 11.1 Å². The number of rotatable bonds is 4.